The number of hydrogen-bond acceptors (Lipinski definition) is 7. The Morgan fingerprint density at radius 3 is 1.31 bits per heavy atom. The molecule has 0 atom stereocenters. The van der Waals surface area contributed by atoms with Crippen molar-refractivity contribution in [2.75, 3.05) is 59.7 Å². The van der Waals surface area contributed by atoms with Gasteiger partial charge in [0.2, 0.25) is 0 Å². The third-order valence-corrected chi connectivity index (χ3v) is 1.07. The average molecular weight is 241 g/mol. The van der Waals surface area contributed by atoms with Gasteiger partial charge < -0.3 is 36.8 Å². The van der Waals surface area contributed by atoms with Crippen LogP contribution in [0.4, 0.5) is 0 Å². The van der Waals surface area contributed by atoms with E-state index in [1.54, 1.807) is 7.05 Å². The predicted molar refractivity (Wildman–Crippen MR) is 64.2 cm³/mol. The zero-order valence-electron chi connectivity index (χ0n) is 10.0. The summed E-state index contributed by atoms with van der Waals surface area (Å²) in [5, 5.41) is 37.6. The van der Waals surface area contributed by atoms with Crippen molar-refractivity contribution in [2.24, 2.45) is 5.73 Å². The average Bonchev–Trinajstić information content (AvgIpc) is 2.32. The summed E-state index contributed by atoms with van der Waals surface area (Å²) in [4.78, 5) is 0. The lowest BCUT2D eigenvalue weighted by Crippen LogP contribution is -2.21. The Bertz CT molecular complexity index is 81.2. The van der Waals surface area contributed by atoms with Gasteiger partial charge in [0.25, 0.3) is 0 Å². The van der Waals surface area contributed by atoms with Gasteiger partial charge >= 0.3 is 0 Å². The fourth-order valence-corrected chi connectivity index (χ4v) is 0.395. The molecule has 0 unspecified atom stereocenters. The summed E-state index contributed by atoms with van der Waals surface area (Å²) in [5.41, 5.74) is 4.78. The zero-order valence-corrected chi connectivity index (χ0v) is 10.0. The molecule has 0 bridgehead atoms. The lowest BCUT2D eigenvalue weighted by molar-refractivity contribution is 0.266. The molecule has 0 amide bonds. The monoisotopic (exact) mass is 241 g/mol. The van der Waals surface area contributed by atoms with E-state index in [1.807, 2.05) is 0 Å². The molecule has 0 radical (unpaired) electrons. The highest BCUT2D eigenvalue weighted by molar-refractivity contribution is 4.39. The molecule has 0 spiro atoms. The van der Waals surface area contributed by atoms with Gasteiger partial charge in [0.15, 0.2) is 0 Å². The van der Waals surface area contributed by atoms with E-state index in [2.05, 4.69) is 10.6 Å². The Balaban J connectivity index is -0.000000166. The molecule has 0 heterocycles. The molecular weight excluding hydrogens is 214 g/mol. The number of likely N-dealkylation sites (N-methyl/N-ethyl adjacent to an activating group) is 1. The molecule has 0 aliphatic heterocycles. The minimum atomic E-state index is 0.0972. The fraction of sp³-hybridized carbons (Fsp3) is 1.00. The van der Waals surface area contributed by atoms with E-state index >= 15 is 0 Å². The smallest absolute Gasteiger partial charge is 0.0555 e. The van der Waals surface area contributed by atoms with Crippen LogP contribution in [0.1, 0.15) is 0 Å². The van der Waals surface area contributed by atoms with E-state index < -0.39 is 0 Å². The largest absolute Gasteiger partial charge is 0.395 e. The second-order valence-electron chi connectivity index (χ2n) is 2.54. The summed E-state index contributed by atoms with van der Waals surface area (Å²) in [7, 11) is 1.80. The molecule has 7 nitrogen and oxygen atoms in total. The maximum absolute atomic E-state index is 8.15. The summed E-state index contributed by atoms with van der Waals surface area (Å²) in [6.45, 7) is 2.82. The van der Waals surface area contributed by atoms with Crippen LogP contribution < -0.4 is 16.4 Å². The molecular formula is C9H27N3O4. The van der Waals surface area contributed by atoms with Gasteiger partial charge in [0.1, 0.15) is 0 Å². The lowest BCUT2D eigenvalue weighted by Gasteiger charge is -1.94. The molecule has 7 heteroatoms. The first-order valence-corrected chi connectivity index (χ1v) is 5.23. The van der Waals surface area contributed by atoms with E-state index in [4.69, 9.17) is 26.2 Å². The summed E-state index contributed by atoms with van der Waals surface area (Å²) < 4.78 is 0. The summed E-state index contributed by atoms with van der Waals surface area (Å²) >= 11 is 0. The fourth-order valence-electron chi connectivity index (χ4n) is 0.395. The molecule has 0 rings (SSSR count). The second kappa shape index (κ2) is 29.3. The topological polar surface area (TPSA) is 131 Å². The van der Waals surface area contributed by atoms with Crippen molar-refractivity contribution in [1.29, 1.82) is 0 Å². The number of nitrogens with two attached hydrogens (primary N) is 1. The van der Waals surface area contributed by atoms with Crippen molar-refractivity contribution in [3.05, 3.63) is 0 Å². The number of aliphatic hydroxyl groups is 4. The minimum Gasteiger partial charge on any atom is -0.395 e. The van der Waals surface area contributed by atoms with Gasteiger partial charge in [0, 0.05) is 26.2 Å². The molecule has 0 aromatic heterocycles. The van der Waals surface area contributed by atoms with E-state index in [1.165, 1.54) is 0 Å². The van der Waals surface area contributed by atoms with Crippen molar-refractivity contribution in [3.8, 4) is 0 Å². The Kier molecular flexibility index (Phi) is 38.6. The standard InChI is InChI=1S/C4H11NO2.C3H9NO.C2H7NO/c6-3-1-5-2-4-7;1-4-2-3-5;3-1-2-4/h5-7H,1-4H2;4-5H,2-3H2,1H3;4H,1-3H2. The number of hydrogen-bond donors (Lipinski definition) is 7. The van der Waals surface area contributed by atoms with Crippen LogP contribution in [0, 0.1) is 0 Å². The van der Waals surface area contributed by atoms with Crippen LogP contribution >= 0.6 is 0 Å². The van der Waals surface area contributed by atoms with Crippen LogP contribution in [0.2, 0.25) is 0 Å². The van der Waals surface area contributed by atoms with Crippen molar-refractivity contribution in [2.45, 2.75) is 0 Å². The summed E-state index contributed by atoms with van der Waals surface area (Å²) in [6.07, 6.45) is 0. The van der Waals surface area contributed by atoms with E-state index in [-0.39, 0.29) is 26.4 Å². The van der Waals surface area contributed by atoms with Gasteiger partial charge in [-0.1, -0.05) is 0 Å². The van der Waals surface area contributed by atoms with E-state index in [0.717, 1.165) is 0 Å². The Morgan fingerprint density at radius 1 is 0.812 bits per heavy atom. The highest BCUT2D eigenvalue weighted by Crippen LogP contribution is 1.54. The van der Waals surface area contributed by atoms with Crippen molar-refractivity contribution >= 4 is 0 Å². The maximum atomic E-state index is 8.15. The van der Waals surface area contributed by atoms with Crippen LogP contribution in [0.15, 0.2) is 0 Å². The van der Waals surface area contributed by atoms with Crippen LogP contribution in [0.25, 0.3) is 0 Å². The molecule has 0 aliphatic carbocycles. The molecule has 0 fully saturated rings. The van der Waals surface area contributed by atoms with Crippen LogP contribution in [0.3, 0.4) is 0 Å². The normalized spacial score (nSPS) is 8.62. The Morgan fingerprint density at radius 2 is 1.19 bits per heavy atom. The first kappa shape index (κ1) is 21.1. The highest BCUT2D eigenvalue weighted by atomic mass is 16.3. The first-order chi connectivity index (χ1) is 7.74. The van der Waals surface area contributed by atoms with Gasteiger partial charge in [-0.05, 0) is 7.05 Å². The number of nitrogens with one attached hydrogen (secondary N) is 2. The van der Waals surface area contributed by atoms with Crippen LogP contribution in [-0.2, 0) is 0 Å². The Labute approximate surface area is 97.3 Å². The SMILES string of the molecule is CNCCO.NCCO.OCCNCCO. The first-order valence-electron chi connectivity index (χ1n) is 5.23. The van der Waals surface area contributed by atoms with E-state index in [0.29, 0.717) is 26.2 Å². The second-order valence-corrected chi connectivity index (χ2v) is 2.54. The van der Waals surface area contributed by atoms with Gasteiger partial charge in [-0.15, -0.1) is 0 Å². The number of rotatable bonds is 7. The van der Waals surface area contributed by atoms with Crippen molar-refractivity contribution < 1.29 is 20.4 Å². The molecule has 0 aromatic rings. The third kappa shape index (κ3) is 49.2. The van der Waals surface area contributed by atoms with Gasteiger partial charge in [-0.3, -0.25) is 0 Å². The molecule has 16 heavy (non-hydrogen) atoms. The highest BCUT2D eigenvalue weighted by Gasteiger charge is 1.78. The molecule has 0 saturated heterocycles. The third-order valence-electron chi connectivity index (χ3n) is 1.07. The van der Waals surface area contributed by atoms with Gasteiger partial charge in [-0.25, -0.2) is 0 Å². The molecule has 0 saturated carbocycles. The van der Waals surface area contributed by atoms with Crippen LogP contribution in [0.5, 0.6) is 0 Å². The quantitative estimate of drug-likeness (QED) is 0.232. The molecule has 102 valence electrons. The van der Waals surface area contributed by atoms with E-state index in [9.17, 15) is 0 Å². The van der Waals surface area contributed by atoms with Crippen LogP contribution in [-0.4, -0.2) is 80.1 Å². The van der Waals surface area contributed by atoms with Crippen molar-refractivity contribution in [3.63, 3.8) is 0 Å². The summed E-state index contributed by atoms with van der Waals surface area (Å²) in [6, 6.07) is 0. The number of aliphatic hydroxyl groups excluding tert-OH is 4. The molecule has 8 N–H and O–H groups in total. The Hall–Kier alpha value is -0.280. The summed E-state index contributed by atoms with van der Waals surface area (Å²) in [5.74, 6) is 0. The van der Waals surface area contributed by atoms with Gasteiger partial charge in [0.05, 0.1) is 26.4 Å². The zero-order chi connectivity index (χ0) is 13.1. The lowest BCUT2D eigenvalue weighted by atomic mass is 10.6. The maximum Gasteiger partial charge on any atom is 0.0555 e. The van der Waals surface area contributed by atoms with Gasteiger partial charge in [-0.2, -0.15) is 0 Å². The predicted octanol–water partition coefficient (Wildman–Crippen LogP) is -3.30. The molecule has 0 aliphatic rings. The minimum absolute atomic E-state index is 0.0972. The molecule has 0 aromatic carbocycles. The van der Waals surface area contributed by atoms with Crippen molar-refractivity contribution in [1.82, 2.24) is 10.6 Å².